The lowest BCUT2D eigenvalue weighted by Crippen LogP contribution is -2.46. The summed E-state index contributed by atoms with van der Waals surface area (Å²) in [5, 5.41) is 2.39. The normalized spacial score (nSPS) is 21.2. The van der Waals surface area contributed by atoms with Crippen LogP contribution in [0.1, 0.15) is 11.1 Å². The highest BCUT2D eigenvalue weighted by atomic mass is 19.4. The third kappa shape index (κ3) is 2.12. The van der Waals surface area contributed by atoms with Crippen LogP contribution in [0.4, 0.5) is 17.6 Å². The van der Waals surface area contributed by atoms with E-state index in [0.717, 1.165) is 5.56 Å². The van der Waals surface area contributed by atoms with E-state index in [1.54, 1.807) is 0 Å². The van der Waals surface area contributed by atoms with Gasteiger partial charge in [0, 0.05) is 6.54 Å². The molecule has 1 atom stereocenters. The van der Waals surface area contributed by atoms with Gasteiger partial charge in [-0.05, 0) is 29.7 Å². The minimum atomic E-state index is -4.27. The largest absolute Gasteiger partial charge is 0.404 e. The second-order valence-electron chi connectivity index (χ2n) is 3.59. The average Bonchev–Trinajstić information content (AvgIpc) is 2.15. The summed E-state index contributed by atoms with van der Waals surface area (Å²) in [6.07, 6.45) is -4.47. The van der Waals surface area contributed by atoms with E-state index in [-0.39, 0.29) is 13.0 Å². The van der Waals surface area contributed by atoms with Crippen LogP contribution in [0, 0.1) is 5.82 Å². The fourth-order valence-electron chi connectivity index (χ4n) is 1.71. The van der Waals surface area contributed by atoms with Gasteiger partial charge in [-0.3, -0.25) is 0 Å². The van der Waals surface area contributed by atoms with Crippen LogP contribution in [0.25, 0.3) is 0 Å². The van der Waals surface area contributed by atoms with Crippen molar-refractivity contribution in [3.63, 3.8) is 0 Å². The van der Waals surface area contributed by atoms with Crippen molar-refractivity contribution in [3.05, 3.63) is 35.1 Å². The van der Waals surface area contributed by atoms with Crippen LogP contribution in [0.2, 0.25) is 0 Å². The molecule has 5 heteroatoms. The van der Waals surface area contributed by atoms with E-state index in [0.29, 0.717) is 5.56 Å². The first-order valence-corrected chi connectivity index (χ1v) is 4.54. The fraction of sp³-hybridized carbons (Fsp3) is 0.400. The monoisotopic (exact) mass is 219 g/mol. The number of halogens is 4. The SMILES string of the molecule is Fc1ccc2c(c1)CC(C(F)(F)F)NC2. The van der Waals surface area contributed by atoms with Crippen LogP contribution >= 0.6 is 0 Å². The Bertz CT molecular complexity index is 372. The van der Waals surface area contributed by atoms with Crippen molar-refractivity contribution in [2.45, 2.75) is 25.2 Å². The van der Waals surface area contributed by atoms with Gasteiger partial charge in [0.05, 0.1) is 0 Å². The summed E-state index contributed by atoms with van der Waals surface area (Å²) in [5.74, 6) is -0.489. The summed E-state index contributed by atoms with van der Waals surface area (Å²) >= 11 is 0. The molecule has 0 spiro atoms. The molecular formula is C10H9F4N. The molecule has 2 rings (SSSR count). The van der Waals surface area contributed by atoms with E-state index in [4.69, 9.17) is 0 Å². The van der Waals surface area contributed by atoms with E-state index < -0.39 is 18.0 Å². The number of hydrogen-bond donors (Lipinski definition) is 1. The highest BCUT2D eigenvalue weighted by Gasteiger charge is 2.41. The first-order chi connectivity index (χ1) is 6.97. The molecule has 0 saturated heterocycles. The summed E-state index contributed by atoms with van der Waals surface area (Å²) < 4.78 is 50.0. The van der Waals surface area contributed by atoms with Crippen molar-refractivity contribution < 1.29 is 17.6 Å². The van der Waals surface area contributed by atoms with Gasteiger partial charge in [0.2, 0.25) is 0 Å². The Morgan fingerprint density at radius 1 is 1.20 bits per heavy atom. The second-order valence-corrected chi connectivity index (χ2v) is 3.59. The first-order valence-electron chi connectivity index (χ1n) is 4.54. The van der Waals surface area contributed by atoms with Crippen LogP contribution in [0.15, 0.2) is 18.2 Å². The van der Waals surface area contributed by atoms with Gasteiger partial charge in [-0.2, -0.15) is 13.2 Å². The Morgan fingerprint density at radius 3 is 2.60 bits per heavy atom. The molecule has 15 heavy (non-hydrogen) atoms. The number of alkyl halides is 3. The molecule has 1 heterocycles. The molecule has 1 nitrogen and oxygen atoms in total. The third-order valence-electron chi connectivity index (χ3n) is 2.53. The van der Waals surface area contributed by atoms with E-state index in [1.807, 2.05) is 0 Å². The lowest BCUT2D eigenvalue weighted by Gasteiger charge is -2.27. The summed E-state index contributed by atoms with van der Waals surface area (Å²) in [5.41, 5.74) is 1.17. The highest BCUT2D eigenvalue weighted by Crippen LogP contribution is 2.28. The fourth-order valence-corrected chi connectivity index (χ4v) is 1.71. The van der Waals surface area contributed by atoms with Gasteiger partial charge in [-0.15, -0.1) is 0 Å². The average molecular weight is 219 g/mol. The van der Waals surface area contributed by atoms with Gasteiger partial charge >= 0.3 is 6.18 Å². The molecule has 0 radical (unpaired) electrons. The minimum Gasteiger partial charge on any atom is -0.302 e. The summed E-state index contributed by atoms with van der Waals surface area (Å²) in [7, 11) is 0. The molecule has 1 aliphatic heterocycles. The summed E-state index contributed by atoms with van der Waals surface area (Å²) in [6, 6.07) is 2.39. The van der Waals surface area contributed by atoms with Crippen molar-refractivity contribution >= 4 is 0 Å². The van der Waals surface area contributed by atoms with E-state index in [9.17, 15) is 17.6 Å². The first kappa shape index (κ1) is 10.4. The molecule has 1 aromatic carbocycles. The Balaban J connectivity index is 2.26. The maximum absolute atomic E-state index is 12.8. The van der Waals surface area contributed by atoms with Crippen LogP contribution in [-0.4, -0.2) is 12.2 Å². The van der Waals surface area contributed by atoms with Crippen molar-refractivity contribution in [1.82, 2.24) is 5.32 Å². The zero-order valence-electron chi connectivity index (χ0n) is 7.74. The van der Waals surface area contributed by atoms with Crippen LogP contribution in [0.3, 0.4) is 0 Å². The summed E-state index contributed by atoms with van der Waals surface area (Å²) in [6.45, 7) is 0.139. The topological polar surface area (TPSA) is 12.0 Å². The predicted molar refractivity (Wildman–Crippen MR) is 46.8 cm³/mol. The maximum atomic E-state index is 12.8. The zero-order valence-corrected chi connectivity index (χ0v) is 7.74. The van der Waals surface area contributed by atoms with Gasteiger partial charge in [0.15, 0.2) is 0 Å². The molecule has 0 amide bonds. The molecule has 0 aliphatic carbocycles. The smallest absolute Gasteiger partial charge is 0.302 e. The molecule has 0 saturated carbocycles. The molecule has 1 unspecified atom stereocenters. The lowest BCUT2D eigenvalue weighted by atomic mass is 9.95. The molecule has 0 bridgehead atoms. The maximum Gasteiger partial charge on any atom is 0.404 e. The number of rotatable bonds is 0. The lowest BCUT2D eigenvalue weighted by molar-refractivity contribution is -0.157. The molecule has 0 fully saturated rings. The molecule has 1 N–H and O–H groups in total. The number of hydrogen-bond acceptors (Lipinski definition) is 1. The second kappa shape index (κ2) is 3.48. The molecule has 1 aromatic rings. The minimum absolute atomic E-state index is 0.139. The van der Waals surface area contributed by atoms with E-state index in [2.05, 4.69) is 5.32 Å². The molecule has 0 aromatic heterocycles. The van der Waals surface area contributed by atoms with Crippen molar-refractivity contribution in [2.75, 3.05) is 0 Å². The predicted octanol–water partition coefficient (Wildman–Crippen LogP) is 2.40. The molecule has 82 valence electrons. The Hall–Kier alpha value is -1.10. The van der Waals surface area contributed by atoms with Crippen LogP contribution in [-0.2, 0) is 13.0 Å². The van der Waals surface area contributed by atoms with E-state index in [1.165, 1.54) is 18.2 Å². The van der Waals surface area contributed by atoms with Crippen molar-refractivity contribution in [3.8, 4) is 0 Å². The Labute approximate surface area is 84.1 Å². The van der Waals surface area contributed by atoms with Gasteiger partial charge in [0.25, 0.3) is 0 Å². The number of nitrogens with one attached hydrogen (secondary N) is 1. The van der Waals surface area contributed by atoms with Gasteiger partial charge < -0.3 is 5.32 Å². The highest BCUT2D eigenvalue weighted by molar-refractivity contribution is 5.31. The zero-order chi connectivity index (χ0) is 11.1. The van der Waals surface area contributed by atoms with Crippen molar-refractivity contribution in [1.29, 1.82) is 0 Å². The Morgan fingerprint density at radius 2 is 1.93 bits per heavy atom. The number of benzene rings is 1. The van der Waals surface area contributed by atoms with Gasteiger partial charge in [0.1, 0.15) is 11.9 Å². The molecular weight excluding hydrogens is 210 g/mol. The van der Waals surface area contributed by atoms with Gasteiger partial charge in [-0.1, -0.05) is 6.07 Å². The third-order valence-corrected chi connectivity index (χ3v) is 2.53. The van der Waals surface area contributed by atoms with Crippen LogP contribution in [0.5, 0.6) is 0 Å². The Kier molecular flexibility index (Phi) is 2.42. The standard InChI is InChI=1S/C10H9F4N/c11-8-2-1-6-5-15-9(10(12,13)14)4-7(6)3-8/h1-3,9,15H,4-5H2. The van der Waals surface area contributed by atoms with Crippen LogP contribution < -0.4 is 5.32 Å². The van der Waals surface area contributed by atoms with Crippen molar-refractivity contribution in [2.24, 2.45) is 0 Å². The van der Waals surface area contributed by atoms with Gasteiger partial charge in [-0.25, -0.2) is 4.39 Å². The van der Waals surface area contributed by atoms with E-state index >= 15 is 0 Å². The number of fused-ring (bicyclic) bond motifs is 1. The quantitative estimate of drug-likeness (QED) is 0.661. The summed E-state index contributed by atoms with van der Waals surface area (Å²) in [4.78, 5) is 0. The molecule has 1 aliphatic rings.